The van der Waals surface area contributed by atoms with Gasteiger partial charge in [0.25, 0.3) is 0 Å². The summed E-state index contributed by atoms with van der Waals surface area (Å²) in [5.41, 5.74) is 5.16. The van der Waals surface area contributed by atoms with Crippen LogP contribution in [-0.4, -0.2) is 16.7 Å². The van der Waals surface area contributed by atoms with Gasteiger partial charge >= 0.3 is 0 Å². The van der Waals surface area contributed by atoms with Crippen molar-refractivity contribution in [1.29, 1.82) is 0 Å². The summed E-state index contributed by atoms with van der Waals surface area (Å²) >= 11 is 6.10. The quantitative estimate of drug-likeness (QED) is 0.458. The summed E-state index contributed by atoms with van der Waals surface area (Å²) in [5, 5.41) is 15.5. The summed E-state index contributed by atoms with van der Waals surface area (Å²) in [6.45, 7) is 0. The smallest absolute Gasteiger partial charge is 0.0863 e. The van der Waals surface area contributed by atoms with Crippen LogP contribution in [0.2, 0.25) is 5.02 Å². The molecule has 2 aromatic rings. The lowest BCUT2D eigenvalue weighted by atomic mass is 10.1. The van der Waals surface area contributed by atoms with Crippen LogP contribution < -0.4 is 10.5 Å². The third-order valence-corrected chi connectivity index (χ3v) is 3.52. The van der Waals surface area contributed by atoms with Crippen LogP contribution in [0.25, 0.3) is 0 Å². The van der Waals surface area contributed by atoms with Crippen LogP contribution in [0.3, 0.4) is 0 Å². The number of carbonyl (C=O) groups is 1. The number of pyridine rings is 1. The predicted octanol–water partition coefficient (Wildman–Crippen LogP) is 2.86. The number of aliphatic carboxylic acids is 1. The molecule has 0 aliphatic carbocycles. The Morgan fingerprint density at radius 1 is 1.13 bits per heavy atom. The molecule has 1 aromatic heterocycles. The Morgan fingerprint density at radius 3 is 2.57 bits per heavy atom. The van der Waals surface area contributed by atoms with E-state index in [1.165, 1.54) is 0 Å². The molecule has 2 rings (SSSR count). The van der Waals surface area contributed by atoms with Gasteiger partial charge in [0.15, 0.2) is 0 Å². The Hall–Kier alpha value is -2.40. The number of para-hydroxylation sites is 1. The predicted molar refractivity (Wildman–Crippen MR) is 89.3 cm³/mol. The third kappa shape index (κ3) is 5.71. The van der Waals surface area contributed by atoms with Crippen molar-refractivity contribution >= 4 is 29.0 Å². The summed E-state index contributed by atoms with van der Waals surface area (Å²) in [5.74, 6) is -1.03. The van der Waals surface area contributed by atoms with Crippen molar-refractivity contribution in [2.45, 2.75) is 25.7 Å². The molecule has 1 N–H and O–H groups in total. The average molecular weight is 331 g/mol. The number of hydrogen-bond acceptors (Lipinski definition) is 5. The highest BCUT2D eigenvalue weighted by atomic mass is 35.5. The summed E-state index contributed by atoms with van der Waals surface area (Å²) in [4.78, 5) is 14.8. The number of hydrazone groups is 1. The van der Waals surface area contributed by atoms with Crippen LogP contribution in [-0.2, 0) is 4.79 Å². The van der Waals surface area contributed by atoms with Gasteiger partial charge in [-0.2, -0.15) is 5.10 Å². The van der Waals surface area contributed by atoms with Gasteiger partial charge in [-0.1, -0.05) is 29.8 Å². The lowest BCUT2D eigenvalue weighted by Gasteiger charge is -2.08. The standard InChI is InChI=1S/C17H18ClN3O2/c18-13-7-1-2-8-14(13)20-21-16(10-3-4-11-17(22)23)15-9-5-6-12-19-15/h1-2,5-9,12,20H,3-4,10-11H2,(H,22,23)/p-1. The number of nitrogens with one attached hydrogen (secondary N) is 1. The van der Waals surface area contributed by atoms with E-state index in [-0.39, 0.29) is 6.42 Å². The molecule has 23 heavy (non-hydrogen) atoms. The number of carboxylic acids is 1. The molecule has 1 heterocycles. The number of rotatable bonds is 8. The van der Waals surface area contributed by atoms with E-state index in [4.69, 9.17) is 11.6 Å². The van der Waals surface area contributed by atoms with Gasteiger partial charge in [-0.25, -0.2) is 0 Å². The van der Waals surface area contributed by atoms with Gasteiger partial charge in [0, 0.05) is 12.2 Å². The van der Waals surface area contributed by atoms with Crippen molar-refractivity contribution < 1.29 is 9.90 Å². The number of halogens is 1. The first-order valence-electron chi connectivity index (χ1n) is 7.35. The van der Waals surface area contributed by atoms with Crippen molar-refractivity contribution in [3.05, 3.63) is 59.4 Å². The Bertz CT molecular complexity index is 675. The highest BCUT2D eigenvalue weighted by Crippen LogP contribution is 2.20. The van der Waals surface area contributed by atoms with Crippen molar-refractivity contribution in [3.63, 3.8) is 0 Å². The molecule has 120 valence electrons. The first-order chi connectivity index (χ1) is 11.2. The van der Waals surface area contributed by atoms with Crippen LogP contribution in [0.15, 0.2) is 53.8 Å². The van der Waals surface area contributed by atoms with Gasteiger partial charge in [-0.15, -0.1) is 0 Å². The number of aromatic nitrogens is 1. The molecule has 0 spiro atoms. The van der Waals surface area contributed by atoms with Gasteiger partial charge < -0.3 is 9.90 Å². The Labute approximate surface area is 140 Å². The van der Waals surface area contributed by atoms with Gasteiger partial charge in [0.2, 0.25) is 0 Å². The fourth-order valence-electron chi connectivity index (χ4n) is 2.02. The first-order valence-corrected chi connectivity index (χ1v) is 7.73. The molecule has 0 fully saturated rings. The van der Waals surface area contributed by atoms with E-state index in [0.29, 0.717) is 30.0 Å². The number of carboxylic acid groups (broad SMARTS) is 1. The van der Waals surface area contributed by atoms with Crippen molar-refractivity contribution in [2.24, 2.45) is 5.10 Å². The lowest BCUT2D eigenvalue weighted by Crippen LogP contribution is -2.21. The van der Waals surface area contributed by atoms with E-state index < -0.39 is 5.97 Å². The van der Waals surface area contributed by atoms with Crippen molar-refractivity contribution in [3.8, 4) is 0 Å². The minimum absolute atomic E-state index is 0.0490. The van der Waals surface area contributed by atoms with Crippen LogP contribution in [0.5, 0.6) is 0 Å². The van der Waals surface area contributed by atoms with Crippen molar-refractivity contribution in [1.82, 2.24) is 4.98 Å². The van der Waals surface area contributed by atoms with Crippen LogP contribution in [0.4, 0.5) is 5.69 Å². The largest absolute Gasteiger partial charge is 0.550 e. The van der Waals surface area contributed by atoms with E-state index in [1.54, 1.807) is 12.3 Å². The fourth-order valence-corrected chi connectivity index (χ4v) is 2.19. The molecular formula is C17H17ClN3O2-. The maximum atomic E-state index is 10.5. The zero-order valence-corrected chi connectivity index (χ0v) is 13.3. The molecule has 0 aliphatic rings. The molecule has 0 amide bonds. The maximum absolute atomic E-state index is 10.5. The number of nitrogens with zero attached hydrogens (tertiary/aromatic N) is 2. The first kappa shape index (κ1) is 17.0. The number of benzene rings is 1. The monoisotopic (exact) mass is 330 g/mol. The topological polar surface area (TPSA) is 77.4 Å². The summed E-state index contributed by atoms with van der Waals surface area (Å²) in [7, 11) is 0. The number of hydrogen-bond donors (Lipinski definition) is 1. The Morgan fingerprint density at radius 2 is 1.87 bits per heavy atom. The van der Waals surface area contributed by atoms with E-state index in [1.807, 2.05) is 36.4 Å². The molecule has 0 saturated carbocycles. The third-order valence-electron chi connectivity index (χ3n) is 3.19. The molecule has 0 aliphatic heterocycles. The zero-order valence-electron chi connectivity index (χ0n) is 12.5. The maximum Gasteiger partial charge on any atom is 0.0863 e. The van der Waals surface area contributed by atoms with E-state index in [0.717, 1.165) is 11.4 Å². The van der Waals surface area contributed by atoms with Crippen LogP contribution in [0, 0.1) is 0 Å². The van der Waals surface area contributed by atoms with Gasteiger partial charge in [0.05, 0.1) is 22.1 Å². The van der Waals surface area contributed by atoms with Gasteiger partial charge in [-0.3, -0.25) is 10.4 Å². The second-order valence-corrected chi connectivity index (χ2v) is 5.35. The molecule has 0 unspecified atom stereocenters. The van der Waals surface area contributed by atoms with E-state index in [9.17, 15) is 9.90 Å². The number of unbranched alkanes of at least 4 members (excludes halogenated alkanes) is 1. The molecule has 1 aromatic carbocycles. The summed E-state index contributed by atoms with van der Waals surface area (Å²) in [6.07, 6.45) is 3.59. The number of anilines is 1. The van der Waals surface area contributed by atoms with Crippen LogP contribution >= 0.6 is 11.6 Å². The molecule has 6 heteroatoms. The zero-order chi connectivity index (χ0) is 16.5. The Kier molecular flexibility index (Phi) is 6.56. The van der Waals surface area contributed by atoms with Crippen molar-refractivity contribution in [2.75, 3.05) is 5.43 Å². The Balaban J connectivity index is 2.08. The number of carbonyl (C=O) groups excluding carboxylic acids is 1. The minimum Gasteiger partial charge on any atom is -0.550 e. The SMILES string of the molecule is O=C([O-])CCCCC(=NNc1ccccc1Cl)c1ccccn1. The molecule has 0 saturated heterocycles. The normalized spacial score (nSPS) is 11.3. The molecule has 0 radical (unpaired) electrons. The average Bonchev–Trinajstić information content (AvgIpc) is 2.56. The summed E-state index contributed by atoms with van der Waals surface area (Å²) in [6, 6.07) is 12.9. The second-order valence-electron chi connectivity index (χ2n) is 4.94. The van der Waals surface area contributed by atoms with E-state index >= 15 is 0 Å². The lowest BCUT2D eigenvalue weighted by molar-refractivity contribution is -0.305. The van der Waals surface area contributed by atoms with Crippen LogP contribution in [0.1, 0.15) is 31.4 Å². The highest BCUT2D eigenvalue weighted by molar-refractivity contribution is 6.33. The van der Waals surface area contributed by atoms with Gasteiger partial charge in [0.1, 0.15) is 0 Å². The summed E-state index contributed by atoms with van der Waals surface area (Å²) < 4.78 is 0. The fraction of sp³-hybridized carbons (Fsp3) is 0.235. The van der Waals surface area contributed by atoms with Gasteiger partial charge in [-0.05, 0) is 49.9 Å². The highest BCUT2D eigenvalue weighted by Gasteiger charge is 2.06. The minimum atomic E-state index is -1.03. The second kappa shape index (κ2) is 8.90. The molecule has 0 atom stereocenters. The molecule has 5 nitrogen and oxygen atoms in total. The molecule has 0 bridgehead atoms. The molecular weight excluding hydrogens is 314 g/mol. The van der Waals surface area contributed by atoms with E-state index in [2.05, 4.69) is 15.5 Å².